The first-order valence-corrected chi connectivity index (χ1v) is 12.2. The number of Topliss-reactive ketones (excluding diaryl/α,β-unsaturated/α-hetero) is 1. The summed E-state index contributed by atoms with van der Waals surface area (Å²) in [6.45, 7) is 2.29. The Balaban J connectivity index is 1.78. The molecule has 0 fully saturated rings. The zero-order valence-electron chi connectivity index (χ0n) is 19.0. The van der Waals surface area contributed by atoms with E-state index in [1.165, 1.54) is 25.3 Å². The van der Waals surface area contributed by atoms with E-state index < -0.39 is 16.0 Å². The van der Waals surface area contributed by atoms with Crippen LogP contribution in [-0.4, -0.2) is 39.6 Å². The van der Waals surface area contributed by atoms with Gasteiger partial charge in [0.15, 0.2) is 0 Å². The number of nitrogens with one attached hydrogen (secondary N) is 1. The minimum Gasteiger partial charge on any atom is -0.494 e. The number of methoxy groups -OCH3 is 1. The Bertz CT molecular complexity index is 1460. The minimum atomic E-state index is -4.10. The van der Waals surface area contributed by atoms with Crippen LogP contribution < -0.4 is 10.1 Å². The molecule has 0 spiro atoms. The van der Waals surface area contributed by atoms with Gasteiger partial charge in [-0.25, -0.2) is 4.79 Å². The monoisotopic (exact) mass is 490 g/mol. The van der Waals surface area contributed by atoms with E-state index in [9.17, 15) is 18.0 Å². The van der Waals surface area contributed by atoms with E-state index in [0.29, 0.717) is 23.6 Å². The molecule has 9 heteroatoms. The number of hydrogen-bond donors (Lipinski definition) is 1. The Morgan fingerprint density at radius 3 is 2.29 bits per heavy atom. The van der Waals surface area contributed by atoms with Gasteiger partial charge in [-0.3, -0.25) is 4.79 Å². The summed E-state index contributed by atoms with van der Waals surface area (Å²) < 4.78 is 40.4. The fourth-order valence-corrected chi connectivity index (χ4v) is 4.58. The van der Waals surface area contributed by atoms with Crippen LogP contribution in [0.1, 0.15) is 33.2 Å². The van der Waals surface area contributed by atoms with Crippen molar-refractivity contribution in [1.29, 1.82) is 0 Å². The molecule has 1 aliphatic carbocycles. The molecule has 1 N–H and O–H groups in total. The maximum Gasteiger partial charge on any atom is 0.339 e. The molecule has 0 amide bonds. The maximum atomic E-state index is 13.2. The average molecular weight is 491 g/mol. The molecule has 0 unspecified atom stereocenters. The Kier molecular flexibility index (Phi) is 6.79. The summed E-state index contributed by atoms with van der Waals surface area (Å²) in [5.74, 6) is -0.398. The van der Waals surface area contributed by atoms with Crippen molar-refractivity contribution in [1.82, 2.24) is 0 Å². The van der Waals surface area contributed by atoms with Crippen molar-refractivity contribution < 1.29 is 27.5 Å². The number of nitrogens with zero attached hydrogens (tertiary/aromatic N) is 1. The molecule has 8 nitrogen and oxygen atoms in total. The van der Waals surface area contributed by atoms with Crippen LogP contribution >= 0.6 is 0 Å². The lowest BCUT2D eigenvalue weighted by Crippen LogP contribution is -2.23. The van der Waals surface area contributed by atoms with E-state index in [4.69, 9.17) is 9.47 Å². The van der Waals surface area contributed by atoms with E-state index in [0.717, 1.165) is 0 Å². The first kappa shape index (κ1) is 23.9. The summed E-state index contributed by atoms with van der Waals surface area (Å²) in [5.41, 5.74) is 1.40. The van der Waals surface area contributed by atoms with E-state index in [-0.39, 0.29) is 33.2 Å². The van der Waals surface area contributed by atoms with Crippen molar-refractivity contribution in [2.75, 3.05) is 19.0 Å². The molecule has 3 aromatic carbocycles. The van der Waals surface area contributed by atoms with Gasteiger partial charge in [-0.1, -0.05) is 36.4 Å². The van der Waals surface area contributed by atoms with Crippen LogP contribution in [0, 0.1) is 0 Å². The number of esters is 1. The predicted octanol–water partition coefficient (Wildman–Crippen LogP) is 4.24. The minimum absolute atomic E-state index is 0.0122. The van der Waals surface area contributed by atoms with Crippen LogP contribution in [0.3, 0.4) is 0 Å². The first-order valence-electron chi connectivity index (χ1n) is 10.7. The van der Waals surface area contributed by atoms with Gasteiger partial charge >= 0.3 is 5.97 Å². The van der Waals surface area contributed by atoms with E-state index >= 15 is 0 Å². The number of ketones is 1. The number of hydrogen-bond acceptors (Lipinski definition) is 7. The van der Waals surface area contributed by atoms with Crippen LogP contribution in [0.25, 0.3) is 0 Å². The molecule has 3 aromatic rings. The van der Waals surface area contributed by atoms with Crippen LogP contribution in [0.4, 0.5) is 5.69 Å². The third kappa shape index (κ3) is 4.99. The normalized spacial score (nSPS) is 14.2. The number of ether oxygens (including phenoxy) is 2. The fraction of sp³-hybridized carbons (Fsp3) is 0.115. The van der Waals surface area contributed by atoms with Crippen molar-refractivity contribution >= 4 is 33.2 Å². The predicted molar refractivity (Wildman–Crippen MR) is 132 cm³/mol. The van der Waals surface area contributed by atoms with Gasteiger partial charge in [-0.15, -0.1) is 0 Å². The van der Waals surface area contributed by atoms with E-state index in [2.05, 4.69) is 9.71 Å². The molecule has 0 bridgehead atoms. The molecule has 0 saturated heterocycles. The summed E-state index contributed by atoms with van der Waals surface area (Å²) in [6, 6.07) is 19.1. The van der Waals surface area contributed by atoms with Gasteiger partial charge in [0.05, 0.1) is 41.3 Å². The highest BCUT2D eigenvalue weighted by Gasteiger charge is 2.27. The lowest BCUT2D eigenvalue weighted by atomic mass is 9.92. The summed E-state index contributed by atoms with van der Waals surface area (Å²) in [6.07, 6.45) is 1.37. The van der Waals surface area contributed by atoms with Crippen molar-refractivity contribution in [2.45, 2.75) is 11.8 Å². The summed E-state index contributed by atoms with van der Waals surface area (Å²) >= 11 is 0. The third-order valence-corrected chi connectivity index (χ3v) is 6.53. The topological polar surface area (TPSA) is 111 Å². The molecule has 1 aliphatic rings. The highest BCUT2D eigenvalue weighted by molar-refractivity contribution is 7.90. The number of sulfonamides is 1. The molecular formula is C26H22N2O6S. The Morgan fingerprint density at radius 1 is 0.943 bits per heavy atom. The zero-order valence-corrected chi connectivity index (χ0v) is 19.8. The molecule has 0 radical (unpaired) electrons. The smallest absolute Gasteiger partial charge is 0.339 e. The SMILES string of the molecule is CCOc1ccc(S(=O)(=O)N=C2C=C(Nc3ccccc3C(=O)OC)C(=O)c3ccccc32)cc1. The summed E-state index contributed by atoms with van der Waals surface area (Å²) in [5, 5.41) is 2.95. The number of fused-ring (bicyclic) bond motifs is 1. The molecule has 0 aromatic heterocycles. The van der Waals surface area contributed by atoms with Gasteiger partial charge in [0.25, 0.3) is 10.0 Å². The Morgan fingerprint density at radius 2 is 1.60 bits per heavy atom. The Hall–Kier alpha value is -4.24. The Labute approximate surface area is 203 Å². The lowest BCUT2D eigenvalue weighted by molar-refractivity contribution is 0.0601. The second-order valence-corrected chi connectivity index (χ2v) is 9.06. The molecule has 0 saturated carbocycles. The van der Waals surface area contributed by atoms with Gasteiger partial charge < -0.3 is 14.8 Å². The number of benzene rings is 3. The van der Waals surface area contributed by atoms with Crippen LogP contribution in [0.5, 0.6) is 5.75 Å². The number of carbonyl (C=O) groups is 2. The van der Waals surface area contributed by atoms with Gasteiger partial charge in [0.1, 0.15) is 5.75 Å². The number of para-hydroxylation sites is 1. The van der Waals surface area contributed by atoms with Crippen molar-refractivity contribution in [2.24, 2.45) is 4.40 Å². The van der Waals surface area contributed by atoms with E-state index in [1.807, 2.05) is 6.92 Å². The largest absolute Gasteiger partial charge is 0.494 e. The number of allylic oxidation sites excluding steroid dienone is 2. The molecule has 0 atom stereocenters. The number of rotatable bonds is 7. The zero-order chi connectivity index (χ0) is 25.0. The standard InChI is InChI=1S/C26H22N2O6S/c1-3-34-17-12-14-18(15-13-17)35(31,32)28-23-16-24(25(29)20-9-5-4-8-19(20)23)27-22-11-7-6-10-21(22)26(30)33-2/h4-16,27H,3H2,1-2H3. The average Bonchev–Trinajstić information content (AvgIpc) is 2.87. The molecular weight excluding hydrogens is 468 g/mol. The molecule has 0 heterocycles. The summed E-state index contributed by atoms with van der Waals surface area (Å²) in [4.78, 5) is 25.3. The molecule has 178 valence electrons. The third-order valence-electron chi connectivity index (χ3n) is 5.23. The fourth-order valence-electron chi connectivity index (χ4n) is 3.58. The van der Waals surface area contributed by atoms with Crippen LogP contribution in [0.2, 0.25) is 0 Å². The van der Waals surface area contributed by atoms with E-state index in [1.54, 1.807) is 60.7 Å². The van der Waals surface area contributed by atoms with Crippen LogP contribution in [0.15, 0.2) is 93.9 Å². The molecule has 35 heavy (non-hydrogen) atoms. The summed E-state index contributed by atoms with van der Waals surface area (Å²) in [7, 11) is -2.84. The highest BCUT2D eigenvalue weighted by atomic mass is 32.2. The maximum absolute atomic E-state index is 13.2. The van der Waals surface area contributed by atoms with Gasteiger partial charge in [0.2, 0.25) is 5.78 Å². The molecule has 4 rings (SSSR count). The van der Waals surface area contributed by atoms with Crippen molar-refractivity contribution in [3.8, 4) is 5.75 Å². The number of anilines is 1. The highest BCUT2D eigenvalue weighted by Crippen LogP contribution is 2.27. The van der Waals surface area contributed by atoms with Gasteiger partial charge in [0, 0.05) is 11.1 Å². The first-order chi connectivity index (χ1) is 16.8. The van der Waals surface area contributed by atoms with Crippen molar-refractivity contribution in [3.63, 3.8) is 0 Å². The quantitative estimate of drug-likeness (QED) is 0.493. The molecule has 0 aliphatic heterocycles. The van der Waals surface area contributed by atoms with Gasteiger partial charge in [-0.05, 0) is 49.4 Å². The second-order valence-electron chi connectivity index (χ2n) is 7.45. The second kappa shape index (κ2) is 9.94. The lowest BCUT2D eigenvalue weighted by Gasteiger charge is -2.19. The van der Waals surface area contributed by atoms with Crippen molar-refractivity contribution in [3.05, 3.63) is 101 Å². The van der Waals surface area contributed by atoms with Gasteiger partial charge in [-0.2, -0.15) is 12.8 Å². The van der Waals surface area contributed by atoms with Crippen LogP contribution in [-0.2, 0) is 14.8 Å². The number of carbonyl (C=O) groups excluding carboxylic acids is 2.